The first-order valence-corrected chi connectivity index (χ1v) is 11.1. The highest BCUT2D eigenvalue weighted by molar-refractivity contribution is 6.30. The monoisotopic (exact) mass is 465 g/mol. The van der Waals surface area contributed by atoms with Crippen molar-refractivity contribution in [2.45, 2.75) is 6.61 Å². The molecule has 5 nitrogen and oxygen atoms in total. The molecule has 1 heterocycles. The number of nitrogens with zero attached hydrogens (tertiary/aromatic N) is 2. The number of anilines is 1. The summed E-state index contributed by atoms with van der Waals surface area (Å²) in [5.41, 5.74) is 5.51. The molecule has 0 bridgehead atoms. The normalized spacial score (nSPS) is 10.7. The van der Waals surface area contributed by atoms with E-state index >= 15 is 0 Å². The molecule has 34 heavy (non-hydrogen) atoms. The van der Waals surface area contributed by atoms with E-state index in [4.69, 9.17) is 16.3 Å². The maximum Gasteiger partial charge on any atom is 0.255 e. The number of halogens is 1. The molecule has 0 saturated carbocycles. The van der Waals surface area contributed by atoms with Gasteiger partial charge in [-0.25, -0.2) is 4.98 Å². The van der Waals surface area contributed by atoms with Crippen molar-refractivity contribution in [2.75, 3.05) is 5.32 Å². The number of para-hydroxylation sites is 2. The minimum atomic E-state index is -0.188. The van der Waals surface area contributed by atoms with Gasteiger partial charge >= 0.3 is 0 Å². The zero-order valence-corrected chi connectivity index (χ0v) is 18.9. The van der Waals surface area contributed by atoms with Gasteiger partial charge in [0.15, 0.2) is 0 Å². The van der Waals surface area contributed by atoms with Crippen LogP contribution in [0.15, 0.2) is 103 Å². The highest BCUT2D eigenvalue weighted by atomic mass is 35.5. The fraction of sp³-hybridized carbons (Fsp3) is 0.0357. The third-order valence-corrected chi connectivity index (χ3v) is 5.55. The largest absolute Gasteiger partial charge is 0.489 e. The highest BCUT2D eigenvalue weighted by Crippen LogP contribution is 2.23. The van der Waals surface area contributed by atoms with Crippen LogP contribution in [0.3, 0.4) is 0 Å². The SMILES string of the molecule is O=C(Nc1cccc(-c2cnc3ccccc3n2)c1)c1ccc(COc2ccc(Cl)cc2)cc1. The van der Waals surface area contributed by atoms with Crippen LogP contribution in [0.2, 0.25) is 5.02 Å². The van der Waals surface area contributed by atoms with Crippen LogP contribution in [0.4, 0.5) is 5.69 Å². The van der Waals surface area contributed by atoms with Gasteiger partial charge in [-0.2, -0.15) is 0 Å². The van der Waals surface area contributed by atoms with Crippen LogP contribution in [0.5, 0.6) is 5.75 Å². The van der Waals surface area contributed by atoms with Crippen LogP contribution < -0.4 is 10.1 Å². The lowest BCUT2D eigenvalue weighted by Crippen LogP contribution is -2.12. The van der Waals surface area contributed by atoms with Gasteiger partial charge in [-0.15, -0.1) is 0 Å². The van der Waals surface area contributed by atoms with Crippen LogP contribution >= 0.6 is 11.6 Å². The van der Waals surface area contributed by atoms with E-state index in [2.05, 4.69) is 15.3 Å². The first-order valence-electron chi connectivity index (χ1n) is 10.7. The van der Waals surface area contributed by atoms with E-state index in [0.717, 1.165) is 33.6 Å². The zero-order valence-electron chi connectivity index (χ0n) is 18.1. The fourth-order valence-corrected chi connectivity index (χ4v) is 3.63. The number of ether oxygens (including phenoxy) is 1. The van der Waals surface area contributed by atoms with Gasteiger partial charge in [-0.1, -0.05) is 48.0 Å². The summed E-state index contributed by atoms with van der Waals surface area (Å²) in [4.78, 5) is 21.9. The van der Waals surface area contributed by atoms with Crippen molar-refractivity contribution in [1.82, 2.24) is 9.97 Å². The number of rotatable bonds is 6. The lowest BCUT2D eigenvalue weighted by molar-refractivity contribution is 0.102. The van der Waals surface area contributed by atoms with Crippen molar-refractivity contribution >= 4 is 34.2 Å². The summed E-state index contributed by atoms with van der Waals surface area (Å²) >= 11 is 5.90. The van der Waals surface area contributed by atoms with Crippen molar-refractivity contribution in [3.8, 4) is 17.0 Å². The number of carbonyl (C=O) groups excluding carboxylic acids is 1. The number of benzene rings is 4. The first-order chi connectivity index (χ1) is 16.6. The van der Waals surface area contributed by atoms with Crippen LogP contribution in [0.1, 0.15) is 15.9 Å². The molecule has 0 aliphatic carbocycles. The molecule has 5 aromatic rings. The van der Waals surface area contributed by atoms with E-state index < -0.39 is 0 Å². The Balaban J connectivity index is 1.25. The fourth-order valence-electron chi connectivity index (χ4n) is 3.51. The van der Waals surface area contributed by atoms with Crippen molar-refractivity contribution in [3.63, 3.8) is 0 Å². The average molecular weight is 466 g/mol. The molecule has 0 radical (unpaired) electrons. The van der Waals surface area contributed by atoms with Crippen LogP contribution in [0.25, 0.3) is 22.3 Å². The number of carbonyl (C=O) groups is 1. The molecule has 0 aliphatic heterocycles. The molecule has 0 atom stereocenters. The smallest absolute Gasteiger partial charge is 0.255 e. The molecule has 1 amide bonds. The second-order valence-electron chi connectivity index (χ2n) is 7.72. The Morgan fingerprint density at radius 2 is 1.62 bits per heavy atom. The molecule has 166 valence electrons. The van der Waals surface area contributed by atoms with Gasteiger partial charge in [0.2, 0.25) is 0 Å². The van der Waals surface area contributed by atoms with Gasteiger partial charge in [-0.3, -0.25) is 9.78 Å². The van der Waals surface area contributed by atoms with Gasteiger partial charge in [-0.05, 0) is 66.2 Å². The molecule has 0 spiro atoms. The predicted octanol–water partition coefficient (Wildman–Crippen LogP) is 6.78. The van der Waals surface area contributed by atoms with E-state index in [9.17, 15) is 4.79 Å². The Bertz CT molecular complexity index is 1450. The number of aromatic nitrogens is 2. The summed E-state index contributed by atoms with van der Waals surface area (Å²) < 4.78 is 5.75. The maximum absolute atomic E-state index is 12.8. The summed E-state index contributed by atoms with van der Waals surface area (Å²) in [7, 11) is 0. The first kappa shape index (κ1) is 21.6. The van der Waals surface area contributed by atoms with E-state index in [1.807, 2.05) is 72.8 Å². The molecule has 0 unspecified atom stereocenters. The second kappa shape index (κ2) is 9.73. The van der Waals surface area contributed by atoms with E-state index in [-0.39, 0.29) is 5.91 Å². The van der Waals surface area contributed by atoms with Gasteiger partial charge in [0, 0.05) is 21.8 Å². The molecule has 4 aromatic carbocycles. The molecule has 6 heteroatoms. The topological polar surface area (TPSA) is 64.1 Å². The number of hydrogen-bond donors (Lipinski definition) is 1. The maximum atomic E-state index is 12.8. The molecule has 5 rings (SSSR count). The van der Waals surface area contributed by atoms with Crippen molar-refractivity contribution in [1.29, 1.82) is 0 Å². The lowest BCUT2D eigenvalue weighted by atomic mass is 10.1. The van der Waals surface area contributed by atoms with Gasteiger partial charge < -0.3 is 10.1 Å². The second-order valence-corrected chi connectivity index (χ2v) is 8.15. The summed E-state index contributed by atoms with van der Waals surface area (Å²) in [5.74, 6) is 0.550. The Kier molecular flexibility index (Phi) is 6.19. The highest BCUT2D eigenvalue weighted by Gasteiger charge is 2.09. The Hall–Kier alpha value is -4.22. The summed E-state index contributed by atoms with van der Waals surface area (Å²) in [6.07, 6.45) is 1.74. The molecular formula is C28H20ClN3O2. The van der Waals surface area contributed by atoms with E-state index in [0.29, 0.717) is 22.9 Å². The summed E-state index contributed by atoms with van der Waals surface area (Å²) in [6.45, 7) is 0.401. The minimum Gasteiger partial charge on any atom is -0.489 e. The van der Waals surface area contributed by atoms with E-state index in [1.165, 1.54) is 0 Å². The molecule has 0 saturated heterocycles. The molecule has 0 fully saturated rings. The number of fused-ring (bicyclic) bond motifs is 1. The third-order valence-electron chi connectivity index (χ3n) is 5.30. The van der Waals surface area contributed by atoms with Crippen molar-refractivity contribution < 1.29 is 9.53 Å². The van der Waals surface area contributed by atoms with Gasteiger partial charge in [0.25, 0.3) is 5.91 Å². The van der Waals surface area contributed by atoms with Crippen molar-refractivity contribution in [2.24, 2.45) is 0 Å². The number of amides is 1. The average Bonchev–Trinajstić information content (AvgIpc) is 2.88. The number of hydrogen-bond acceptors (Lipinski definition) is 4. The Morgan fingerprint density at radius 3 is 2.41 bits per heavy atom. The Morgan fingerprint density at radius 1 is 0.853 bits per heavy atom. The van der Waals surface area contributed by atoms with Crippen molar-refractivity contribution in [3.05, 3.63) is 119 Å². The van der Waals surface area contributed by atoms with E-state index in [1.54, 1.807) is 30.5 Å². The van der Waals surface area contributed by atoms with Crippen LogP contribution in [-0.4, -0.2) is 15.9 Å². The van der Waals surface area contributed by atoms with Crippen LogP contribution in [0, 0.1) is 0 Å². The van der Waals surface area contributed by atoms with Gasteiger partial charge in [0.05, 0.1) is 22.9 Å². The summed E-state index contributed by atoms with van der Waals surface area (Å²) in [5, 5.41) is 3.62. The molecule has 1 aromatic heterocycles. The minimum absolute atomic E-state index is 0.188. The molecular weight excluding hydrogens is 446 g/mol. The quantitative estimate of drug-likeness (QED) is 0.300. The number of nitrogens with one attached hydrogen (secondary N) is 1. The van der Waals surface area contributed by atoms with Gasteiger partial charge in [0.1, 0.15) is 12.4 Å². The lowest BCUT2D eigenvalue weighted by Gasteiger charge is -2.09. The van der Waals surface area contributed by atoms with Crippen LogP contribution in [-0.2, 0) is 6.61 Å². The Labute approximate surface area is 202 Å². The molecule has 1 N–H and O–H groups in total. The standard InChI is InChI=1S/C28H20ClN3O2/c29-22-12-14-24(15-13-22)34-18-19-8-10-20(11-9-19)28(33)31-23-5-3-4-21(16-23)27-17-30-25-6-1-2-7-26(25)32-27/h1-17H,18H2,(H,31,33). The summed E-state index contributed by atoms with van der Waals surface area (Å²) in [6, 6.07) is 29.9. The third kappa shape index (κ3) is 5.05. The molecule has 0 aliphatic rings. The predicted molar refractivity (Wildman–Crippen MR) is 135 cm³/mol. The zero-order chi connectivity index (χ0) is 23.3.